The predicted octanol–water partition coefficient (Wildman–Crippen LogP) is 2.90. The van der Waals surface area contributed by atoms with Crippen molar-refractivity contribution in [3.8, 4) is 0 Å². The third-order valence-corrected chi connectivity index (χ3v) is 4.34. The lowest BCUT2D eigenvalue weighted by atomic mass is 9.85. The molecule has 1 aromatic carbocycles. The lowest BCUT2D eigenvalue weighted by Gasteiger charge is -2.21. The van der Waals surface area contributed by atoms with Gasteiger partial charge < -0.3 is 10.4 Å². The molecule has 3 nitrogen and oxygen atoms in total. The third-order valence-electron chi connectivity index (χ3n) is 4.34. The summed E-state index contributed by atoms with van der Waals surface area (Å²) < 4.78 is 0. The summed E-state index contributed by atoms with van der Waals surface area (Å²) in [5.74, 6) is 0.103. The summed E-state index contributed by atoms with van der Waals surface area (Å²) in [6, 6.07) is 8.47. The Morgan fingerprint density at radius 2 is 1.86 bits per heavy atom. The maximum Gasteiger partial charge on any atom is 0.230 e. The molecule has 3 heteroatoms. The first-order chi connectivity index (χ1) is 9.75. The number of aliphatic hydroxyl groups is 1. The van der Waals surface area contributed by atoms with Crippen molar-refractivity contribution in [3.63, 3.8) is 0 Å². The molecule has 21 heavy (non-hydrogen) atoms. The molecule has 0 heterocycles. The van der Waals surface area contributed by atoms with Crippen LogP contribution in [0.5, 0.6) is 0 Å². The number of amides is 1. The molecule has 0 bridgehead atoms. The summed E-state index contributed by atoms with van der Waals surface area (Å²) in [4.78, 5) is 12.4. The Bertz CT molecular complexity index is 493. The van der Waals surface area contributed by atoms with E-state index in [4.69, 9.17) is 0 Å². The second-order valence-electron chi connectivity index (χ2n) is 7.30. The van der Waals surface area contributed by atoms with Gasteiger partial charge in [0.25, 0.3) is 0 Å². The van der Waals surface area contributed by atoms with Crippen LogP contribution in [-0.2, 0) is 15.6 Å². The molecule has 0 spiro atoms. The van der Waals surface area contributed by atoms with Crippen molar-refractivity contribution in [2.75, 3.05) is 6.54 Å². The third kappa shape index (κ3) is 3.65. The molecule has 1 atom stereocenters. The van der Waals surface area contributed by atoms with Crippen LogP contribution >= 0.6 is 0 Å². The molecule has 1 unspecified atom stereocenters. The molecule has 1 fully saturated rings. The van der Waals surface area contributed by atoms with Gasteiger partial charge in [0.2, 0.25) is 5.91 Å². The summed E-state index contributed by atoms with van der Waals surface area (Å²) in [6.07, 6.45) is 2.07. The first kappa shape index (κ1) is 16.0. The van der Waals surface area contributed by atoms with Crippen molar-refractivity contribution in [2.45, 2.75) is 63.9 Å². The van der Waals surface area contributed by atoms with Gasteiger partial charge in [0.15, 0.2) is 0 Å². The fraction of sp³-hybridized carbons (Fsp3) is 0.611. The molecule has 116 valence electrons. The highest BCUT2D eigenvalue weighted by molar-refractivity contribution is 5.91. The Morgan fingerprint density at radius 3 is 2.29 bits per heavy atom. The summed E-state index contributed by atoms with van der Waals surface area (Å²) in [5, 5.41) is 12.2. The van der Waals surface area contributed by atoms with Crippen LogP contribution < -0.4 is 5.32 Å². The van der Waals surface area contributed by atoms with E-state index in [2.05, 4.69) is 50.4 Å². The highest BCUT2D eigenvalue weighted by Crippen LogP contribution is 2.48. The standard InChI is InChI=1S/C18H27NO2/c1-13(20)9-12-19-16(21)18(10-11-18)15-7-5-14(6-8-15)17(2,3)4/h5-8,13,20H,9-12H2,1-4H3,(H,19,21). The summed E-state index contributed by atoms with van der Waals surface area (Å²) in [7, 11) is 0. The van der Waals surface area contributed by atoms with Gasteiger partial charge in [0.05, 0.1) is 11.5 Å². The SMILES string of the molecule is CC(O)CCNC(=O)C1(c2ccc(C(C)(C)C)cc2)CC1. The van der Waals surface area contributed by atoms with Gasteiger partial charge in [-0.3, -0.25) is 4.79 Å². The van der Waals surface area contributed by atoms with E-state index < -0.39 is 0 Å². The molecular formula is C18H27NO2. The van der Waals surface area contributed by atoms with E-state index in [0.29, 0.717) is 13.0 Å². The van der Waals surface area contributed by atoms with Crippen LogP contribution in [0, 0.1) is 0 Å². The second kappa shape index (κ2) is 5.80. The molecule has 1 amide bonds. The van der Waals surface area contributed by atoms with E-state index in [1.54, 1.807) is 6.92 Å². The first-order valence-electron chi connectivity index (χ1n) is 7.83. The zero-order valence-corrected chi connectivity index (χ0v) is 13.6. The van der Waals surface area contributed by atoms with Crippen molar-refractivity contribution in [3.05, 3.63) is 35.4 Å². The Balaban J connectivity index is 2.05. The monoisotopic (exact) mass is 289 g/mol. The molecule has 0 radical (unpaired) electrons. The van der Waals surface area contributed by atoms with Gasteiger partial charge in [-0.2, -0.15) is 0 Å². The van der Waals surface area contributed by atoms with E-state index in [9.17, 15) is 9.90 Å². The predicted molar refractivity (Wildman–Crippen MR) is 85.4 cm³/mol. The fourth-order valence-corrected chi connectivity index (χ4v) is 2.62. The van der Waals surface area contributed by atoms with E-state index in [-0.39, 0.29) is 22.8 Å². The van der Waals surface area contributed by atoms with Crippen molar-refractivity contribution in [1.29, 1.82) is 0 Å². The molecule has 2 N–H and O–H groups in total. The quantitative estimate of drug-likeness (QED) is 0.875. The maximum absolute atomic E-state index is 12.4. The van der Waals surface area contributed by atoms with Gasteiger partial charge in [0, 0.05) is 6.54 Å². The van der Waals surface area contributed by atoms with Gasteiger partial charge >= 0.3 is 0 Å². The number of carbonyl (C=O) groups excluding carboxylic acids is 1. The normalized spacial score (nSPS) is 18.1. The molecule has 1 aliphatic rings. The molecule has 0 aliphatic heterocycles. The largest absolute Gasteiger partial charge is 0.393 e. The number of rotatable bonds is 5. The smallest absolute Gasteiger partial charge is 0.230 e. The molecular weight excluding hydrogens is 262 g/mol. The van der Waals surface area contributed by atoms with Gasteiger partial charge in [-0.15, -0.1) is 0 Å². The first-order valence-corrected chi connectivity index (χ1v) is 7.83. The van der Waals surface area contributed by atoms with Crippen LogP contribution in [0.3, 0.4) is 0 Å². The zero-order valence-electron chi connectivity index (χ0n) is 13.6. The van der Waals surface area contributed by atoms with Crippen molar-refractivity contribution < 1.29 is 9.90 Å². The van der Waals surface area contributed by atoms with Crippen LogP contribution in [0.1, 0.15) is 58.1 Å². The summed E-state index contributed by atoms with van der Waals surface area (Å²) >= 11 is 0. The van der Waals surface area contributed by atoms with Gasteiger partial charge in [-0.25, -0.2) is 0 Å². The van der Waals surface area contributed by atoms with E-state index in [0.717, 1.165) is 18.4 Å². The topological polar surface area (TPSA) is 49.3 Å². The number of aliphatic hydroxyl groups excluding tert-OH is 1. The van der Waals surface area contributed by atoms with Gasteiger partial charge in [-0.05, 0) is 42.7 Å². The lowest BCUT2D eigenvalue weighted by molar-refractivity contribution is -0.123. The number of benzene rings is 1. The van der Waals surface area contributed by atoms with Crippen LogP contribution in [0.2, 0.25) is 0 Å². The molecule has 1 saturated carbocycles. The Hall–Kier alpha value is -1.35. The molecule has 1 aromatic rings. The summed E-state index contributed by atoms with van der Waals surface area (Å²) in [6.45, 7) is 8.86. The highest BCUT2D eigenvalue weighted by Gasteiger charge is 2.51. The van der Waals surface area contributed by atoms with Crippen LogP contribution in [0.25, 0.3) is 0 Å². The number of nitrogens with one attached hydrogen (secondary N) is 1. The lowest BCUT2D eigenvalue weighted by Crippen LogP contribution is -2.36. The Kier molecular flexibility index (Phi) is 4.43. The minimum Gasteiger partial charge on any atom is -0.393 e. The van der Waals surface area contributed by atoms with E-state index in [1.165, 1.54) is 5.56 Å². The average molecular weight is 289 g/mol. The minimum atomic E-state index is -0.369. The van der Waals surface area contributed by atoms with Crippen molar-refractivity contribution in [1.82, 2.24) is 5.32 Å². The molecule has 1 aliphatic carbocycles. The molecule has 0 aromatic heterocycles. The number of hydrogen-bond acceptors (Lipinski definition) is 2. The van der Waals surface area contributed by atoms with Crippen LogP contribution in [0.15, 0.2) is 24.3 Å². The van der Waals surface area contributed by atoms with E-state index >= 15 is 0 Å². The molecule has 0 saturated heterocycles. The Morgan fingerprint density at radius 1 is 1.29 bits per heavy atom. The minimum absolute atomic E-state index is 0.103. The van der Waals surface area contributed by atoms with E-state index in [1.807, 2.05) is 0 Å². The zero-order chi connectivity index (χ0) is 15.7. The van der Waals surface area contributed by atoms with Crippen LogP contribution in [-0.4, -0.2) is 23.7 Å². The number of hydrogen-bond donors (Lipinski definition) is 2. The highest BCUT2D eigenvalue weighted by atomic mass is 16.3. The van der Waals surface area contributed by atoms with Crippen molar-refractivity contribution in [2.24, 2.45) is 0 Å². The molecule has 2 rings (SSSR count). The Labute approximate surface area is 127 Å². The fourth-order valence-electron chi connectivity index (χ4n) is 2.62. The maximum atomic E-state index is 12.4. The second-order valence-corrected chi connectivity index (χ2v) is 7.30. The number of carbonyl (C=O) groups is 1. The van der Waals surface area contributed by atoms with Crippen molar-refractivity contribution >= 4 is 5.91 Å². The van der Waals surface area contributed by atoms with Gasteiger partial charge in [-0.1, -0.05) is 45.0 Å². The summed E-state index contributed by atoms with van der Waals surface area (Å²) in [5.41, 5.74) is 2.21. The van der Waals surface area contributed by atoms with Crippen LogP contribution in [0.4, 0.5) is 0 Å². The average Bonchev–Trinajstić information content (AvgIpc) is 3.19. The van der Waals surface area contributed by atoms with Gasteiger partial charge in [0.1, 0.15) is 0 Å².